The van der Waals surface area contributed by atoms with Gasteiger partial charge in [0.25, 0.3) is 0 Å². The predicted molar refractivity (Wildman–Crippen MR) is 126 cm³/mol. The van der Waals surface area contributed by atoms with Crippen molar-refractivity contribution in [1.29, 1.82) is 10.8 Å². The van der Waals surface area contributed by atoms with Crippen LogP contribution in [0.25, 0.3) is 0 Å². The summed E-state index contributed by atoms with van der Waals surface area (Å²) in [5, 5.41) is 40.8. The summed E-state index contributed by atoms with van der Waals surface area (Å²) < 4.78 is 0. The van der Waals surface area contributed by atoms with Gasteiger partial charge in [0.05, 0.1) is 0 Å². The lowest BCUT2D eigenvalue weighted by atomic mass is 9.78. The number of benzene rings is 3. The zero-order chi connectivity index (χ0) is 22.4. The van der Waals surface area contributed by atoms with Crippen molar-refractivity contribution < 1.29 is 10.0 Å². The summed E-state index contributed by atoms with van der Waals surface area (Å²) in [6.07, 6.45) is 0. The van der Waals surface area contributed by atoms with E-state index in [0.29, 0.717) is 29.7 Å². The van der Waals surface area contributed by atoms with E-state index in [-0.39, 0.29) is 11.7 Å². The van der Waals surface area contributed by atoms with Crippen molar-refractivity contribution >= 4 is 35.6 Å². The predicted octanol–water partition coefficient (Wildman–Crippen LogP) is 1.16. The van der Waals surface area contributed by atoms with E-state index in [4.69, 9.17) is 22.3 Å². The van der Waals surface area contributed by atoms with Gasteiger partial charge in [-0.15, -0.1) is 0 Å². The van der Waals surface area contributed by atoms with E-state index in [9.17, 15) is 10.0 Å². The first-order valence-electron chi connectivity index (χ1n) is 9.67. The van der Waals surface area contributed by atoms with Crippen LogP contribution in [0.1, 0.15) is 22.3 Å². The average molecular weight is 416 g/mol. The molecule has 3 rings (SSSR count). The Kier molecular flexibility index (Phi) is 6.91. The van der Waals surface area contributed by atoms with Crippen molar-refractivity contribution in [2.45, 2.75) is 13.1 Å². The molecule has 0 aromatic heterocycles. The van der Waals surface area contributed by atoms with Crippen molar-refractivity contribution in [1.82, 2.24) is 0 Å². The monoisotopic (exact) mass is 416 g/mol. The number of amidine groups is 2. The van der Waals surface area contributed by atoms with Gasteiger partial charge >= 0.3 is 7.12 Å². The molecule has 31 heavy (non-hydrogen) atoms. The summed E-state index contributed by atoms with van der Waals surface area (Å²) in [5.41, 5.74) is 16.2. The van der Waals surface area contributed by atoms with Crippen molar-refractivity contribution in [3.8, 4) is 0 Å². The molecule has 3 aromatic rings. The molecule has 9 heteroatoms. The van der Waals surface area contributed by atoms with Crippen LogP contribution in [0, 0.1) is 10.8 Å². The van der Waals surface area contributed by atoms with Gasteiger partial charge in [0.2, 0.25) is 0 Å². The lowest BCUT2D eigenvalue weighted by Crippen LogP contribution is -2.31. The second-order valence-electron chi connectivity index (χ2n) is 7.15. The Bertz CT molecular complexity index is 989. The van der Waals surface area contributed by atoms with Crippen LogP contribution in [0.15, 0.2) is 66.7 Å². The minimum atomic E-state index is -1.57. The quantitative estimate of drug-likeness (QED) is 0.148. The fraction of sp³-hybridized carbons (Fsp3) is 0.0909. The highest BCUT2D eigenvalue weighted by Gasteiger charge is 2.13. The molecule has 0 atom stereocenters. The molecule has 0 amide bonds. The van der Waals surface area contributed by atoms with Crippen LogP contribution in [0.5, 0.6) is 0 Å². The molecule has 0 aliphatic rings. The van der Waals surface area contributed by atoms with E-state index in [2.05, 4.69) is 10.6 Å². The summed E-state index contributed by atoms with van der Waals surface area (Å²) in [7, 11) is -1.57. The third-order valence-corrected chi connectivity index (χ3v) is 4.76. The SMILES string of the molecule is N=C(N)c1ccc(NCc2cc(CNc3ccc(C(=N)N)cc3)cc(B(O)O)c2)cc1. The third-order valence-electron chi connectivity index (χ3n) is 4.76. The largest absolute Gasteiger partial charge is 0.488 e. The van der Waals surface area contributed by atoms with Gasteiger partial charge in [-0.25, -0.2) is 0 Å². The molecule has 0 bridgehead atoms. The molecule has 0 heterocycles. The maximum Gasteiger partial charge on any atom is 0.488 e. The highest BCUT2D eigenvalue weighted by Crippen LogP contribution is 2.14. The van der Waals surface area contributed by atoms with E-state index < -0.39 is 7.12 Å². The normalized spacial score (nSPS) is 10.4. The van der Waals surface area contributed by atoms with Crippen LogP contribution in [0.4, 0.5) is 11.4 Å². The van der Waals surface area contributed by atoms with Gasteiger partial charge < -0.3 is 32.1 Å². The van der Waals surface area contributed by atoms with Crippen molar-refractivity contribution in [3.63, 3.8) is 0 Å². The van der Waals surface area contributed by atoms with Crippen LogP contribution >= 0.6 is 0 Å². The minimum absolute atomic E-state index is 0.0178. The molecule has 3 aromatic carbocycles. The van der Waals surface area contributed by atoms with Crippen LogP contribution in [0.2, 0.25) is 0 Å². The Balaban J connectivity index is 1.69. The van der Waals surface area contributed by atoms with Crippen molar-refractivity contribution in [2.24, 2.45) is 11.5 Å². The Hall–Kier alpha value is -3.82. The van der Waals surface area contributed by atoms with Gasteiger partial charge in [0.1, 0.15) is 11.7 Å². The molecule has 0 saturated heterocycles. The lowest BCUT2D eigenvalue weighted by Gasteiger charge is -2.13. The van der Waals surface area contributed by atoms with Gasteiger partial charge in [-0.3, -0.25) is 10.8 Å². The third kappa shape index (κ3) is 6.08. The number of nitrogens with one attached hydrogen (secondary N) is 4. The summed E-state index contributed by atoms with van der Waals surface area (Å²) in [5.74, 6) is 0.0357. The molecule has 0 saturated carbocycles. The fourth-order valence-corrected chi connectivity index (χ4v) is 3.09. The Morgan fingerprint density at radius 1 is 0.710 bits per heavy atom. The molecule has 0 aliphatic heterocycles. The molecule has 10 N–H and O–H groups in total. The number of hydrogen-bond acceptors (Lipinski definition) is 6. The standard InChI is InChI=1S/C22H25BN6O2/c24-21(25)16-1-5-19(6-2-16)28-12-14-9-15(11-18(10-14)23(30)31)13-29-20-7-3-17(4-8-20)22(26)27/h1-11,28-31H,12-13H2,(H3,24,25)(H3,26,27). The molecule has 8 nitrogen and oxygen atoms in total. The molecule has 0 unspecified atom stereocenters. The number of rotatable bonds is 9. The van der Waals surface area contributed by atoms with E-state index in [0.717, 1.165) is 22.5 Å². The second-order valence-corrected chi connectivity index (χ2v) is 7.15. The maximum absolute atomic E-state index is 9.66. The summed E-state index contributed by atoms with van der Waals surface area (Å²) in [6.45, 7) is 0.973. The lowest BCUT2D eigenvalue weighted by molar-refractivity contribution is 0.425. The fourth-order valence-electron chi connectivity index (χ4n) is 3.09. The van der Waals surface area contributed by atoms with Gasteiger partial charge in [0.15, 0.2) is 0 Å². The molecule has 158 valence electrons. The van der Waals surface area contributed by atoms with Gasteiger partial charge in [-0.05, 0) is 65.1 Å². The Labute approximate surface area is 181 Å². The van der Waals surface area contributed by atoms with Crippen LogP contribution in [-0.4, -0.2) is 28.8 Å². The first kappa shape index (κ1) is 21.9. The van der Waals surface area contributed by atoms with E-state index >= 15 is 0 Å². The van der Waals surface area contributed by atoms with E-state index in [1.165, 1.54) is 0 Å². The molecular weight excluding hydrogens is 391 g/mol. The summed E-state index contributed by atoms with van der Waals surface area (Å²) >= 11 is 0. The molecule has 0 radical (unpaired) electrons. The van der Waals surface area contributed by atoms with E-state index in [1.54, 1.807) is 36.4 Å². The smallest absolute Gasteiger partial charge is 0.423 e. The zero-order valence-corrected chi connectivity index (χ0v) is 16.9. The van der Waals surface area contributed by atoms with Crippen LogP contribution in [0.3, 0.4) is 0 Å². The Morgan fingerprint density at radius 3 is 1.42 bits per heavy atom. The summed E-state index contributed by atoms with van der Waals surface area (Å²) in [4.78, 5) is 0. The molecule has 0 fully saturated rings. The molecule has 0 aliphatic carbocycles. The highest BCUT2D eigenvalue weighted by molar-refractivity contribution is 6.58. The average Bonchev–Trinajstić information content (AvgIpc) is 2.76. The Morgan fingerprint density at radius 2 is 1.10 bits per heavy atom. The summed E-state index contributed by atoms with van der Waals surface area (Å²) in [6, 6.07) is 19.9. The van der Waals surface area contributed by atoms with Crippen molar-refractivity contribution in [2.75, 3.05) is 10.6 Å². The van der Waals surface area contributed by atoms with Crippen LogP contribution in [-0.2, 0) is 13.1 Å². The minimum Gasteiger partial charge on any atom is -0.423 e. The second kappa shape index (κ2) is 9.79. The maximum atomic E-state index is 9.66. The first-order chi connectivity index (χ1) is 14.8. The molecular formula is C22H25BN6O2. The van der Waals surface area contributed by atoms with Crippen molar-refractivity contribution in [3.05, 3.63) is 89.0 Å². The van der Waals surface area contributed by atoms with Crippen LogP contribution < -0.4 is 27.6 Å². The zero-order valence-electron chi connectivity index (χ0n) is 16.9. The van der Waals surface area contributed by atoms with Gasteiger partial charge in [-0.2, -0.15) is 0 Å². The first-order valence-corrected chi connectivity index (χ1v) is 9.67. The van der Waals surface area contributed by atoms with Gasteiger partial charge in [-0.1, -0.05) is 18.2 Å². The number of hydrogen-bond donors (Lipinski definition) is 8. The van der Waals surface area contributed by atoms with E-state index in [1.807, 2.05) is 30.3 Å². The number of nitrogen functional groups attached to an aromatic ring is 2. The topological polar surface area (TPSA) is 164 Å². The highest BCUT2D eigenvalue weighted by atomic mass is 16.4. The molecule has 0 spiro atoms. The number of nitrogens with two attached hydrogens (primary N) is 2. The number of anilines is 2. The van der Waals surface area contributed by atoms with Gasteiger partial charge in [0, 0.05) is 35.6 Å².